The molecule has 0 radical (unpaired) electrons. The Bertz CT molecular complexity index is 586. The van der Waals surface area contributed by atoms with Crippen LogP contribution in [0.2, 0.25) is 0 Å². The standard InChI is InChI=1S/C19H23FO3/c1-15(11-22-13-16-6-4-3-5-7-16)12-23-14-17-10-18(20)8-9-19(17)21-2/h3-10,15H,11-14H2,1-2H3. The van der Waals surface area contributed by atoms with Crippen molar-refractivity contribution in [1.29, 1.82) is 0 Å². The zero-order valence-corrected chi connectivity index (χ0v) is 13.6. The van der Waals surface area contributed by atoms with Crippen molar-refractivity contribution in [2.75, 3.05) is 20.3 Å². The second-order valence-electron chi connectivity index (χ2n) is 5.58. The molecule has 23 heavy (non-hydrogen) atoms. The van der Waals surface area contributed by atoms with Gasteiger partial charge in [0.1, 0.15) is 11.6 Å². The molecule has 0 aliphatic carbocycles. The van der Waals surface area contributed by atoms with Gasteiger partial charge in [0, 0.05) is 11.5 Å². The number of ether oxygens (including phenoxy) is 3. The van der Waals surface area contributed by atoms with Crippen LogP contribution < -0.4 is 4.74 Å². The van der Waals surface area contributed by atoms with E-state index in [1.807, 2.05) is 30.3 Å². The molecule has 0 heterocycles. The maximum Gasteiger partial charge on any atom is 0.124 e. The topological polar surface area (TPSA) is 27.7 Å². The first-order valence-corrected chi connectivity index (χ1v) is 7.71. The Kier molecular flexibility index (Phi) is 7.04. The molecule has 2 rings (SSSR count). The van der Waals surface area contributed by atoms with Crippen molar-refractivity contribution in [3.05, 3.63) is 65.5 Å². The lowest BCUT2D eigenvalue weighted by Crippen LogP contribution is -2.13. The molecular formula is C19H23FO3. The van der Waals surface area contributed by atoms with Crippen molar-refractivity contribution in [1.82, 2.24) is 0 Å². The molecule has 0 bridgehead atoms. The first-order chi connectivity index (χ1) is 11.2. The highest BCUT2D eigenvalue weighted by molar-refractivity contribution is 5.33. The normalized spacial score (nSPS) is 12.1. The maximum absolute atomic E-state index is 13.3. The Morgan fingerprint density at radius 3 is 2.35 bits per heavy atom. The fraction of sp³-hybridized carbons (Fsp3) is 0.368. The lowest BCUT2D eigenvalue weighted by Gasteiger charge is -2.14. The van der Waals surface area contributed by atoms with Gasteiger partial charge >= 0.3 is 0 Å². The van der Waals surface area contributed by atoms with Crippen LogP contribution in [-0.4, -0.2) is 20.3 Å². The van der Waals surface area contributed by atoms with Gasteiger partial charge in [-0.05, 0) is 23.8 Å². The van der Waals surface area contributed by atoms with Crippen molar-refractivity contribution in [3.63, 3.8) is 0 Å². The van der Waals surface area contributed by atoms with Gasteiger partial charge in [0.15, 0.2) is 0 Å². The lowest BCUT2D eigenvalue weighted by molar-refractivity contribution is 0.0330. The first kappa shape index (κ1) is 17.4. The van der Waals surface area contributed by atoms with Crippen LogP contribution in [0.5, 0.6) is 5.75 Å². The van der Waals surface area contributed by atoms with Crippen LogP contribution in [0.1, 0.15) is 18.1 Å². The summed E-state index contributed by atoms with van der Waals surface area (Å²) in [6.07, 6.45) is 0. The fourth-order valence-corrected chi connectivity index (χ4v) is 2.23. The Hall–Kier alpha value is -1.91. The van der Waals surface area contributed by atoms with E-state index in [-0.39, 0.29) is 11.7 Å². The van der Waals surface area contributed by atoms with Crippen LogP contribution in [-0.2, 0) is 22.7 Å². The molecule has 0 fully saturated rings. The minimum atomic E-state index is -0.288. The number of rotatable bonds is 9. The van der Waals surface area contributed by atoms with Gasteiger partial charge in [-0.25, -0.2) is 4.39 Å². The van der Waals surface area contributed by atoms with Crippen molar-refractivity contribution in [3.8, 4) is 5.75 Å². The summed E-state index contributed by atoms with van der Waals surface area (Å²) < 4.78 is 29.8. The van der Waals surface area contributed by atoms with E-state index in [4.69, 9.17) is 14.2 Å². The Labute approximate surface area is 137 Å². The molecule has 3 nitrogen and oxygen atoms in total. The molecular weight excluding hydrogens is 295 g/mol. The molecule has 0 aromatic heterocycles. The molecule has 0 saturated carbocycles. The van der Waals surface area contributed by atoms with Crippen LogP contribution in [0.4, 0.5) is 4.39 Å². The number of benzene rings is 2. The maximum atomic E-state index is 13.3. The lowest BCUT2D eigenvalue weighted by atomic mass is 10.2. The third kappa shape index (κ3) is 6.00. The highest BCUT2D eigenvalue weighted by Gasteiger charge is 2.07. The molecule has 2 aromatic carbocycles. The van der Waals surface area contributed by atoms with Gasteiger partial charge in [-0.3, -0.25) is 0 Å². The SMILES string of the molecule is COc1ccc(F)cc1COCC(C)COCc1ccccc1. The van der Waals surface area contributed by atoms with Crippen molar-refractivity contribution in [2.45, 2.75) is 20.1 Å². The number of methoxy groups -OCH3 is 1. The monoisotopic (exact) mass is 318 g/mol. The molecule has 0 spiro atoms. The predicted octanol–water partition coefficient (Wildman–Crippen LogP) is 4.20. The number of hydrogen-bond acceptors (Lipinski definition) is 3. The molecule has 2 aromatic rings. The van der Waals surface area contributed by atoms with Crippen molar-refractivity contribution >= 4 is 0 Å². The van der Waals surface area contributed by atoms with Gasteiger partial charge in [-0.2, -0.15) is 0 Å². The molecule has 0 aliphatic rings. The predicted molar refractivity (Wildman–Crippen MR) is 87.9 cm³/mol. The Morgan fingerprint density at radius 1 is 0.957 bits per heavy atom. The molecule has 0 N–H and O–H groups in total. The average molecular weight is 318 g/mol. The van der Waals surface area contributed by atoms with Crippen molar-refractivity contribution in [2.24, 2.45) is 5.92 Å². The van der Waals surface area contributed by atoms with Gasteiger partial charge in [0.25, 0.3) is 0 Å². The van der Waals surface area contributed by atoms with Gasteiger partial charge in [-0.15, -0.1) is 0 Å². The highest BCUT2D eigenvalue weighted by Crippen LogP contribution is 2.20. The van der Waals surface area contributed by atoms with Crippen LogP contribution in [0, 0.1) is 11.7 Å². The average Bonchev–Trinajstić information content (AvgIpc) is 2.56. The third-order valence-electron chi connectivity index (χ3n) is 3.42. The van der Waals surface area contributed by atoms with Crippen LogP contribution >= 0.6 is 0 Å². The van der Waals surface area contributed by atoms with E-state index in [1.165, 1.54) is 12.1 Å². The molecule has 1 unspecified atom stereocenters. The van der Waals surface area contributed by atoms with Crippen molar-refractivity contribution < 1.29 is 18.6 Å². The van der Waals surface area contributed by atoms with E-state index in [9.17, 15) is 4.39 Å². The minimum absolute atomic E-state index is 0.262. The molecule has 4 heteroatoms. The quantitative estimate of drug-likeness (QED) is 0.693. The summed E-state index contributed by atoms with van der Waals surface area (Å²) in [5.41, 5.74) is 1.87. The molecule has 0 saturated heterocycles. The Morgan fingerprint density at radius 2 is 1.65 bits per heavy atom. The van der Waals surface area contributed by atoms with Crippen LogP contribution in [0.25, 0.3) is 0 Å². The summed E-state index contributed by atoms with van der Waals surface area (Å²) in [6.45, 7) is 4.16. The van der Waals surface area contributed by atoms with Gasteiger partial charge in [-0.1, -0.05) is 37.3 Å². The van der Waals surface area contributed by atoms with Gasteiger partial charge in [0.2, 0.25) is 0 Å². The van der Waals surface area contributed by atoms with Gasteiger partial charge in [0.05, 0.1) is 33.5 Å². The summed E-state index contributed by atoms with van der Waals surface area (Å²) in [4.78, 5) is 0. The summed E-state index contributed by atoms with van der Waals surface area (Å²) in [5, 5.41) is 0. The van der Waals surface area contributed by atoms with E-state index >= 15 is 0 Å². The van der Waals surface area contributed by atoms with Crippen LogP contribution in [0.15, 0.2) is 48.5 Å². The number of halogens is 1. The number of hydrogen-bond donors (Lipinski definition) is 0. The minimum Gasteiger partial charge on any atom is -0.496 e. The zero-order valence-electron chi connectivity index (χ0n) is 13.6. The second-order valence-corrected chi connectivity index (χ2v) is 5.58. The highest BCUT2D eigenvalue weighted by atomic mass is 19.1. The summed E-state index contributed by atoms with van der Waals surface area (Å²) >= 11 is 0. The largest absolute Gasteiger partial charge is 0.496 e. The fourth-order valence-electron chi connectivity index (χ4n) is 2.23. The molecule has 1 atom stereocenters. The van der Waals surface area contributed by atoms with E-state index in [0.29, 0.717) is 37.7 Å². The summed E-state index contributed by atoms with van der Waals surface area (Å²) in [5.74, 6) is 0.612. The van der Waals surface area contributed by atoms with E-state index in [0.717, 1.165) is 5.56 Å². The third-order valence-corrected chi connectivity index (χ3v) is 3.42. The summed E-state index contributed by atoms with van der Waals surface area (Å²) in [7, 11) is 1.57. The molecule has 0 amide bonds. The van der Waals surface area contributed by atoms with E-state index < -0.39 is 0 Å². The summed E-state index contributed by atoms with van der Waals surface area (Å²) in [6, 6.07) is 14.5. The van der Waals surface area contributed by atoms with Gasteiger partial charge < -0.3 is 14.2 Å². The molecule has 0 aliphatic heterocycles. The van der Waals surface area contributed by atoms with E-state index in [1.54, 1.807) is 13.2 Å². The zero-order chi connectivity index (χ0) is 16.5. The Balaban J connectivity index is 1.68. The second kappa shape index (κ2) is 9.28. The van der Waals surface area contributed by atoms with Crippen LogP contribution in [0.3, 0.4) is 0 Å². The first-order valence-electron chi connectivity index (χ1n) is 7.71. The smallest absolute Gasteiger partial charge is 0.124 e. The van der Waals surface area contributed by atoms with E-state index in [2.05, 4.69) is 6.92 Å². The molecule has 124 valence electrons.